The van der Waals surface area contributed by atoms with Gasteiger partial charge >= 0.3 is 12.1 Å². The highest BCUT2D eigenvalue weighted by atomic mass is 28.4. The summed E-state index contributed by atoms with van der Waals surface area (Å²) < 4.78 is 13.6. The van der Waals surface area contributed by atoms with Crippen LogP contribution in [0.1, 0.15) is 0 Å². The molecule has 0 spiro atoms. The molecule has 13 heavy (non-hydrogen) atoms. The quantitative estimate of drug-likeness (QED) is 0.512. The summed E-state index contributed by atoms with van der Waals surface area (Å²) in [5.74, 6) is -0.537. The van der Waals surface area contributed by atoms with Crippen molar-refractivity contribution in [2.45, 2.75) is 19.6 Å². The van der Waals surface area contributed by atoms with Gasteiger partial charge in [-0.15, -0.1) is 0 Å². The van der Waals surface area contributed by atoms with Crippen LogP contribution in [0, 0.1) is 0 Å². The van der Waals surface area contributed by atoms with E-state index < -0.39 is 27.0 Å². The molecule has 5 nitrogen and oxygen atoms in total. The van der Waals surface area contributed by atoms with Gasteiger partial charge in [0, 0.05) is 0 Å². The van der Waals surface area contributed by atoms with Gasteiger partial charge in [-0.2, -0.15) is 0 Å². The molecule has 0 amide bonds. The molecule has 0 rings (SSSR count). The monoisotopic (exact) mass is 206 g/mol. The van der Waals surface area contributed by atoms with Crippen LogP contribution in [0.2, 0.25) is 19.6 Å². The Balaban J connectivity index is 3.71. The van der Waals surface area contributed by atoms with Gasteiger partial charge in [0.25, 0.3) is 0 Å². The second-order valence-electron chi connectivity index (χ2n) is 3.33. The summed E-state index contributed by atoms with van der Waals surface area (Å²) in [5.41, 5.74) is 0. The second kappa shape index (κ2) is 4.86. The molecule has 0 bridgehead atoms. The Labute approximate surface area is 78.1 Å². The summed E-state index contributed by atoms with van der Waals surface area (Å²) in [6.07, 6.45) is -0.882. The van der Waals surface area contributed by atoms with E-state index in [-0.39, 0.29) is 0 Å². The topological polar surface area (TPSA) is 61.8 Å². The van der Waals surface area contributed by atoms with E-state index in [4.69, 9.17) is 4.43 Å². The predicted molar refractivity (Wildman–Crippen MR) is 47.8 cm³/mol. The number of ether oxygens (including phenoxy) is 2. The number of methoxy groups -OCH3 is 1. The lowest BCUT2D eigenvalue weighted by molar-refractivity contribution is -0.139. The van der Waals surface area contributed by atoms with Gasteiger partial charge in [-0.25, -0.2) is 9.59 Å². The molecule has 0 aliphatic carbocycles. The molecule has 0 N–H and O–H groups in total. The highest BCUT2D eigenvalue weighted by Crippen LogP contribution is 2.02. The minimum Gasteiger partial charge on any atom is -0.517 e. The van der Waals surface area contributed by atoms with Crippen molar-refractivity contribution in [1.82, 2.24) is 0 Å². The molecule has 0 fully saturated rings. The van der Waals surface area contributed by atoms with Gasteiger partial charge < -0.3 is 13.9 Å². The van der Waals surface area contributed by atoms with Crippen LogP contribution in [-0.2, 0) is 18.7 Å². The Kier molecular flexibility index (Phi) is 4.47. The highest BCUT2D eigenvalue weighted by molar-refractivity contribution is 6.71. The normalized spacial score (nSPS) is 10.5. The smallest absolute Gasteiger partial charge is 0.508 e. The van der Waals surface area contributed by atoms with Gasteiger partial charge in [0.15, 0.2) is 6.61 Å². The van der Waals surface area contributed by atoms with Crippen LogP contribution in [0.25, 0.3) is 0 Å². The van der Waals surface area contributed by atoms with Gasteiger partial charge in [0.2, 0.25) is 8.32 Å². The van der Waals surface area contributed by atoms with Crippen LogP contribution in [0.3, 0.4) is 0 Å². The molecule has 0 unspecified atom stereocenters. The van der Waals surface area contributed by atoms with Crippen LogP contribution < -0.4 is 0 Å². The van der Waals surface area contributed by atoms with E-state index in [9.17, 15) is 9.59 Å². The van der Waals surface area contributed by atoms with E-state index in [2.05, 4.69) is 9.47 Å². The van der Waals surface area contributed by atoms with E-state index in [0.717, 1.165) is 0 Å². The Morgan fingerprint density at radius 1 is 1.23 bits per heavy atom. The number of rotatable bonds is 3. The van der Waals surface area contributed by atoms with Crippen molar-refractivity contribution < 1.29 is 23.5 Å². The Morgan fingerprint density at radius 3 is 2.15 bits per heavy atom. The molecule has 0 saturated carbocycles. The van der Waals surface area contributed by atoms with E-state index in [1.807, 2.05) is 19.6 Å². The minimum absolute atomic E-state index is 0.392. The van der Waals surface area contributed by atoms with Crippen molar-refractivity contribution in [1.29, 1.82) is 0 Å². The van der Waals surface area contributed by atoms with Crippen molar-refractivity contribution in [3.8, 4) is 0 Å². The molecule has 0 atom stereocenters. The zero-order valence-electron chi connectivity index (χ0n) is 8.25. The fraction of sp³-hybridized carbons (Fsp3) is 0.714. The molecule has 0 aromatic rings. The van der Waals surface area contributed by atoms with Gasteiger partial charge in [-0.3, -0.25) is 0 Å². The Bertz CT molecular complexity index is 196. The fourth-order valence-corrected chi connectivity index (χ4v) is 1.29. The SMILES string of the molecule is COC(=O)OCC(=O)O[Si](C)(C)C. The third kappa shape index (κ3) is 7.32. The first-order valence-corrected chi connectivity index (χ1v) is 7.18. The standard InChI is InChI=1S/C7H14O5Si/c1-10-7(9)11-5-6(8)12-13(2,3)4/h5H2,1-4H3. The molecule has 0 saturated heterocycles. The van der Waals surface area contributed by atoms with Gasteiger partial charge in [0.05, 0.1) is 7.11 Å². The van der Waals surface area contributed by atoms with E-state index in [1.54, 1.807) is 0 Å². The summed E-state index contributed by atoms with van der Waals surface area (Å²) in [4.78, 5) is 21.4. The van der Waals surface area contributed by atoms with Crippen molar-refractivity contribution in [2.75, 3.05) is 13.7 Å². The first-order chi connectivity index (χ1) is 5.85. The second-order valence-corrected chi connectivity index (χ2v) is 7.76. The molecular weight excluding hydrogens is 192 g/mol. The van der Waals surface area contributed by atoms with Gasteiger partial charge in [0.1, 0.15) is 0 Å². The lowest BCUT2D eigenvalue weighted by Crippen LogP contribution is -2.31. The van der Waals surface area contributed by atoms with Crippen LogP contribution in [0.4, 0.5) is 4.79 Å². The van der Waals surface area contributed by atoms with Crippen LogP contribution in [0.15, 0.2) is 0 Å². The maximum Gasteiger partial charge on any atom is 0.508 e. The number of carbonyl (C=O) groups is 2. The minimum atomic E-state index is -1.88. The average Bonchev–Trinajstić information content (AvgIpc) is 1.97. The predicted octanol–water partition coefficient (Wildman–Crippen LogP) is 1.15. The van der Waals surface area contributed by atoms with E-state index in [1.165, 1.54) is 7.11 Å². The third-order valence-electron chi connectivity index (χ3n) is 0.895. The Morgan fingerprint density at radius 2 is 1.77 bits per heavy atom. The summed E-state index contributed by atoms with van der Waals surface area (Å²) in [6, 6.07) is 0. The first kappa shape index (κ1) is 12.0. The van der Waals surface area contributed by atoms with Gasteiger partial charge in [-0.1, -0.05) is 0 Å². The molecule has 0 aromatic carbocycles. The van der Waals surface area contributed by atoms with Crippen molar-refractivity contribution in [3.05, 3.63) is 0 Å². The molecule has 0 heterocycles. The molecule has 0 aromatic heterocycles. The maximum atomic E-state index is 11.0. The highest BCUT2D eigenvalue weighted by Gasteiger charge is 2.20. The number of carbonyl (C=O) groups excluding carboxylic acids is 2. The summed E-state index contributed by atoms with van der Waals surface area (Å²) in [6.45, 7) is 5.20. The largest absolute Gasteiger partial charge is 0.517 e. The van der Waals surface area contributed by atoms with E-state index in [0.29, 0.717) is 0 Å². The Hall–Kier alpha value is -1.04. The molecule has 6 heteroatoms. The zero-order chi connectivity index (χ0) is 10.5. The van der Waals surface area contributed by atoms with Crippen molar-refractivity contribution in [2.24, 2.45) is 0 Å². The molecule has 0 radical (unpaired) electrons. The molecule has 0 aliphatic heterocycles. The summed E-state index contributed by atoms with van der Waals surface area (Å²) in [7, 11) is -0.711. The van der Waals surface area contributed by atoms with Crippen LogP contribution in [-0.4, -0.2) is 34.2 Å². The van der Waals surface area contributed by atoms with Crippen LogP contribution in [0.5, 0.6) is 0 Å². The summed E-state index contributed by atoms with van der Waals surface area (Å²) >= 11 is 0. The maximum absolute atomic E-state index is 11.0. The molecular formula is C7H14O5Si. The fourth-order valence-electron chi connectivity index (χ4n) is 0.548. The molecule has 0 aliphatic rings. The zero-order valence-corrected chi connectivity index (χ0v) is 9.25. The van der Waals surface area contributed by atoms with Crippen LogP contribution >= 0.6 is 0 Å². The number of hydrogen-bond donors (Lipinski definition) is 0. The molecule has 76 valence electrons. The number of hydrogen-bond acceptors (Lipinski definition) is 5. The lowest BCUT2D eigenvalue weighted by atomic mass is 10.7. The average molecular weight is 206 g/mol. The summed E-state index contributed by atoms with van der Waals surface area (Å²) in [5, 5.41) is 0. The van der Waals surface area contributed by atoms with Gasteiger partial charge in [-0.05, 0) is 19.6 Å². The van der Waals surface area contributed by atoms with E-state index >= 15 is 0 Å². The van der Waals surface area contributed by atoms with Crippen molar-refractivity contribution in [3.63, 3.8) is 0 Å². The third-order valence-corrected chi connectivity index (χ3v) is 1.73. The lowest BCUT2D eigenvalue weighted by Gasteiger charge is -2.16. The van der Waals surface area contributed by atoms with Crippen molar-refractivity contribution >= 4 is 20.4 Å². The first-order valence-electron chi connectivity index (χ1n) is 3.78.